The van der Waals surface area contributed by atoms with Crippen LogP contribution in [0.2, 0.25) is 0 Å². The Labute approximate surface area is 143 Å². The van der Waals surface area contributed by atoms with Crippen molar-refractivity contribution in [3.8, 4) is 0 Å². The molecular formula is C21H25FN2. The van der Waals surface area contributed by atoms with Crippen LogP contribution >= 0.6 is 0 Å². The van der Waals surface area contributed by atoms with Gasteiger partial charge in [0.15, 0.2) is 0 Å². The number of hydrogen-bond acceptors (Lipinski definition) is 2. The summed E-state index contributed by atoms with van der Waals surface area (Å²) in [5, 5.41) is 0. The second-order valence-electron chi connectivity index (χ2n) is 7.32. The third kappa shape index (κ3) is 3.18. The van der Waals surface area contributed by atoms with Crippen molar-refractivity contribution in [2.45, 2.75) is 37.5 Å². The molecule has 0 saturated carbocycles. The quantitative estimate of drug-likeness (QED) is 0.852. The van der Waals surface area contributed by atoms with Crippen molar-refractivity contribution >= 4 is 5.69 Å². The third-order valence-corrected chi connectivity index (χ3v) is 5.78. The van der Waals surface area contributed by atoms with Gasteiger partial charge in [-0.2, -0.15) is 0 Å². The number of nitrogen functional groups attached to an aromatic ring is 1. The van der Waals surface area contributed by atoms with Crippen molar-refractivity contribution in [1.82, 2.24) is 4.90 Å². The van der Waals surface area contributed by atoms with Crippen LogP contribution in [0.3, 0.4) is 0 Å². The van der Waals surface area contributed by atoms with E-state index in [0.29, 0.717) is 11.8 Å². The van der Waals surface area contributed by atoms with Crippen molar-refractivity contribution < 1.29 is 4.39 Å². The maximum Gasteiger partial charge on any atom is 0.123 e. The largest absolute Gasteiger partial charge is 0.399 e. The fraction of sp³-hybridized carbons (Fsp3) is 0.429. The lowest BCUT2D eigenvalue weighted by Gasteiger charge is -2.34. The van der Waals surface area contributed by atoms with Crippen molar-refractivity contribution in [3.05, 3.63) is 65.0 Å². The predicted octanol–water partition coefficient (Wildman–Crippen LogP) is 4.32. The minimum Gasteiger partial charge on any atom is -0.399 e. The van der Waals surface area contributed by atoms with Crippen LogP contribution < -0.4 is 5.73 Å². The molecule has 2 aliphatic rings. The van der Waals surface area contributed by atoms with E-state index >= 15 is 0 Å². The lowest BCUT2D eigenvalue weighted by Crippen LogP contribution is -2.35. The molecule has 0 amide bonds. The number of likely N-dealkylation sites (tertiary alicyclic amines) is 1. The number of benzene rings is 2. The molecule has 2 aromatic carbocycles. The van der Waals surface area contributed by atoms with Crippen LogP contribution in [0.25, 0.3) is 0 Å². The van der Waals surface area contributed by atoms with Crippen molar-refractivity contribution in [1.29, 1.82) is 0 Å². The molecule has 1 aliphatic heterocycles. The maximum atomic E-state index is 13.1. The predicted molar refractivity (Wildman–Crippen MR) is 96.7 cm³/mol. The monoisotopic (exact) mass is 324 g/mol. The standard InChI is InChI=1S/C21H25FN2/c22-19-6-3-15(4-7-19)16-9-11-24(12-10-16)14-18-2-1-17-5-8-20(23)13-21(17)18/h3-8,13,16,18H,1-2,9-12,14,23H2. The van der Waals surface area contributed by atoms with E-state index in [9.17, 15) is 4.39 Å². The number of piperidine rings is 1. The molecule has 1 aliphatic carbocycles. The number of nitrogens with zero attached hydrogens (tertiary/aromatic N) is 1. The summed E-state index contributed by atoms with van der Waals surface area (Å²) in [5.74, 6) is 1.06. The van der Waals surface area contributed by atoms with Gasteiger partial charge in [0.2, 0.25) is 0 Å². The zero-order valence-corrected chi connectivity index (χ0v) is 14.0. The summed E-state index contributed by atoms with van der Waals surface area (Å²) in [5.41, 5.74) is 11.1. The molecule has 0 aromatic heterocycles. The number of aryl methyl sites for hydroxylation is 1. The molecule has 1 saturated heterocycles. The molecule has 126 valence electrons. The zero-order chi connectivity index (χ0) is 16.5. The summed E-state index contributed by atoms with van der Waals surface area (Å²) >= 11 is 0. The molecule has 3 heteroatoms. The van der Waals surface area contributed by atoms with Gasteiger partial charge in [-0.15, -0.1) is 0 Å². The average molecular weight is 324 g/mol. The van der Waals surface area contributed by atoms with Gasteiger partial charge in [-0.05, 0) is 91.6 Å². The van der Waals surface area contributed by atoms with Crippen LogP contribution in [-0.4, -0.2) is 24.5 Å². The Morgan fingerprint density at radius 3 is 2.50 bits per heavy atom. The highest BCUT2D eigenvalue weighted by Crippen LogP contribution is 2.36. The maximum absolute atomic E-state index is 13.1. The van der Waals surface area contributed by atoms with E-state index in [-0.39, 0.29) is 5.82 Å². The van der Waals surface area contributed by atoms with Crippen molar-refractivity contribution in [3.63, 3.8) is 0 Å². The number of fused-ring (bicyclic) bond motifs is 1. The Balaban J connectivity index is 1.36. The molecule has 1 heterocycles. The van der Waals surface area contributed by atoms with Gasteiger partial charge in [-0.25, -0.2) is 4.39 Å². The average Bonchev–Trinajstić information content (AvgIpc) is 2.98. The van der Waals surface area contributed by atoms with Gasteiger partial charge in [-0.3, -0.25) is 0 Å². The van der Waals surface area contributed by atoms with E-state index in [4.69, 9.17) is 5.73 Å². The fourth-order valence-corrected chi connectivity index (χ4v) is 4.39. The molecule has 0 bridgehead atoms. The van der Waals surface area contributed by atoms with Gasteiger partial charge in [0, 0.05) is 12.2 Å². The Hall–Kier alpha value is -1.87. The normalized spacial score (nSPS) is 21.8. The first-order chi connectivity index (χ1) is 11.7. The SMILES string of the molecule is Nc1ccc2c(c1)C(CN1CCC(c3ccc(F)cc3)CC1)CC2. The number of rotatable bonds is 3. The third-order valence-electron chi connectivity index (χ3n) is 5.78. The van der Waals surface area contributed by atoms with Gasteiger partial charge in [0.1, 0.15) is 5.82 Å². The molecule has 1 fully saturated rings. The van der Waals surface area contributed by atoms with Crippen molar-refractivity contribution in [2.75, 3.05) is 25.4 Å². The van der Waals surface area contributed by atoms with Gasteiger partial charge in [0.25, 0.3) is 0 Å². The van der Waals surface area contributed by atoms with Crippen LogP contribution in [0.5, 0.6) is 0 Å². The molecule has 0 spiro atoms. The molecular weight excluding hydrogens is 299 g/mol. The van der Waals surface area contributed by atoms with Gasteiger partial charge >= 0.3 is 0 Å². The van der Waals surface area contributed by atoms with E-state index in [2.05, 4.69) is 17.0 Å². The lowest BCUT2D eigenvalue weighted by atomic mass is 9.89. The summed E-state index contributed by atoms with van der Waals surface area (Å²) in [7, 11) is 0. The van der Waals surface area contributed by atoms with E-state index in [1.165, 1.54) is 42.4 Å². The molecule has 4 rings (SSSR count). The highest BCUT2D eigenvalue weighted by atomic mass is 19.1. The van der Waals surface area contributed by atoms with E-state index < -0.39 is 0 Å². The number of hydrogen-bond donors (Lipinski definition) is 1. The Kier molecular flexibility index (Phi) is 4.28. The van der Waals surface area contributed by atoms with Gasteiger partial charge in [0.05, 0.1) is 0 Å². The van der Waals surface area contributed by atoms with Crippen LogP contribution in [0.4, 0.5) is 10.1 Å². The topological polar surface area (TPSA) is 29.3 Å². The van der Waals surface area contributed by atoms with Crippen LogP contribution in [0.15, 0.2) is 42.5 Å². The van der Waals surface area contributed by atoms with Crippen LogP contribution in [0.1, 0.15) is 47.8 Å². The molecule has 0 radical (unpaired) electrons. The minimum absolute atomic E-state index is 0.143. The molecule has 2 aromatic rings. The minimum atomic E-state index is -0.143. The zero-order valence-electron chi connectivity index (χ0n) is 14.0. The Morgan fingerprint density at radius 2 is 1.75 bits per heavy atom. The van der Waals surface area contributed by atoms with Gasteiger partial charge in [-0.1, -0.05) is 18.2 Å². The summed E-state index contributed by atoms with van der Waals surface area (Å²) in [6, 6.07) is 13.5. The highest BCUT2D eigenvalue weighted by molar-refractivity contribution is 5.48. The van der Waals surface area contributed by atoms with Crippen LogP contribution in [-0.2, 0) is 6.42 Å². The molecule has 1 atom stereocenters. The van der Waals surface area contributed by atoms with E-state index in [1.54, 1.807) is 12.1 Å². The summed E-state index contributed by atoms with van der Waals surface area (Å²) in [4.78, 5) is 2.60. The summed E-state index contributed by atoms with van der Waals surface area (Å²) < 4.78 is 13.1. The van der Waals surface area contributed by atoms with E-state index in [1.807, 2.05) is 18.2 Å². The Morgan fingerprint density at radius 1 is 1.00 bits per heavy atom. The Bertz CT molecular complexity index is 702. The number of anilines is 1. The first-order valence-corrected chi connectivity index (χ1v) is 9.05. The number of nitrogens with two attached hydrogens (primary N) is 1. The van der Waals surface area contributed by atoms with Crippen LogP contribution in [0, 0.1) is 5.82 Å². The molecule has 2 nitrogen and oxygen atoms in total. The molecule has 24 heavy (non-hydrogen) atoms. The summed E-state index contributed by atoms with van der Waals surface area (Å²) in [6.45, 7) is 3.42. The first-order valence-electron chi connectivity index (χ1n) is 9.05. The molecule has 2 N–H and O–H groups in total. The smallest absolute Gasteiger partial charge is 0.123 e. The lowest BCUT2D eigenvalue weighted by molar-refractivity contribution is 0.200. The first kappa shape index (κ1) is 15.6. The second kappa shape index (κ2) is 6.56. The summed E-state index contributed by atoms with van der Waals surface area (Å²) in [6.07, 6.45) is 4.77. The van der Waals surface area contributed by atoms with Crippen molar-refractivity contribution in [2.24, 2.45) is 0 Å². The second-order valence-corrected chi connectivity index (χ2v) is 7.32. The fourth-order valence-electron chi connectivity index (χ4n) is 4.39. The number of halogens is 1. The van der Waals surface area contributed by atoms with Gasteiger partial charge < -0.3 is 10.6 Å². The van der Waals surface area contributed by atoms with E-state index in [0.717, 1.165) is 25.3 Å². The highest BCUT2D eigenvalue weighted by Gasteiger charge is 2.27. The molecule has 1 unspecified atom stereocenters.